The van der Waals surface area contributed by atoms with Crippen LogP contribution in [0.15, 0.2) is 23.1 Å². The van der Waals surface area contributed by atoms with E-state index in [1.807, 2.05) is 6.92 Å². The molecule has 0 radical (unpaired) electrons. The van der Waals surface area contributed by atoms with Gasteiger partial charge >= 0.3 is 0 Å². The lowest BCUT2D eigenvalue weighted by Crippen LogP contribution is -2.22. The van der Waals surface area contributed by atoms with E-state index < -0.39 is 10.0 Å². The van der Waals surface area contributed by atoms with Gasteiger partial charge in [-0.3, -0.25) is 0 Å². The zero-order chi connectivity index (χ0) is 14.6. The molecule has 5 nitrogen and oxygen atoms in total. The minimum absolute atomic E-state index is 0.0589. The molecule has 0 aliphatic rings. The molecule has 1 aromatic carbocycles. The van der Waals surface area contributed by atoms with Crippen molar-refractivity contribution in [2.45, 2.75) is 37.7 Å². The Hall–Kier alpha value is -1.27. The third-order valence-electron chi connectivity index (χ3n) is 2.78. The van der Waals surface area contributed by atoms with E-state index in [1.165, 1.54) is 26.2 Å². The average Bonchev–Trinajstić information content (AvgIpc) is 2.31. The van der Waals surface area contributed by atoms with E-state index in [9.17, 15) is 8.42 Å². The van der Waals surface area contributed by atoms with Gasteiger partial charge in [-0.2, -0.15) is 0 Å². The predicted molar refractivity (Wildman–Crippen MR) is 76.7 cm³/mol. The number of sulfonamides is 1. The highest BCUT2D eigenvalue weighted by molar-refractivity contribution is 7.89. The molecule has 0 aromatic heterocycles. The summed E-state index contributed by atoms with van der Waals surface area (Å²) in [5, 5.41) is 0. The largest absolute Gasteiger partial charge is 0.489 e. The highest BCUT2D eigenvalue weighted by Crippen LogP contribution is 2.27. The maximum Gasteiger partial charge on any atom is 0.242 e. The molecule has 0 saturated heterocycles. The number of ether oxygens (including phenoxy) is 1. The number of nitrogen functional groups attached to an aromatic ring is 1. The van der Waals surface area contributed by atoms with Crippen molar-refractivity contribution >= 4 is 15.7 Å². The third kappa shape index (κ3) is 3.84. The van der Waals surface area contributed by atoms with Gasteiger partial charge in [-0.1, -0.05) is 13.3 Å². The second-order valence-electron chi connectivity index (χ2n) is 4.70. The number of nitrogens with two attached hydrogens (primary N) is 1. The first kappa shape index (κ1) is 15.8. The summed E-state index contributed by atoms with van der Waals surface area (Å²) < 4.78 is 30.7. The van der Waals surface area contributed by atoms with Gasteiger partial charge in [0.25, 0.3) is 0 Å². The molecular weight excluding hydrogens is 264 g/mol. The fraction of sp³-hybridized carbons (Fsp3) is 0.538. The normalized spacial score (nSPS) is 13.5. The maximum absolute atomic E-state index is 11.9. The number of benzene rings is 1. The fourth-order valence-corrected chi connectivity index (χ4v) is 2.62. The number of anilines is 1. The molecule has 6 heteroatoms. The van der Waals surface area contributed by atoms with Crippen molar-refractivity contribution < 1.29 is 13.2 Å². The van der Waals surface area contributed by atoms with Crippen LogP contribution in [0, 0.1) is 0 Å². The lowest BCUT2D eigenvalue weighted by atomic mass is 10.2. The molecule has 19 heavy (non-hydrogen) atoms. The number of nitrogens with zero attached hydrogens (tertiary/aromatic N) is 1. The van der Waals surface area contributed by atoms with Crippen molar-refractivity contribution in [2.75, 3.05) is 19.8 Å². The van der Waals surface area contributed by atoms with Crippen LogP contribution >= 0.6 is 0 Å². The first-order valence-electron chi connectivity index (χ1n) is 6.27. The molecule has 2 N–H and O–H groups in total. The summed E-state index contributed by atoms with van der Waals surface area (Å²) in [4.78, 5) is 0.172. The van der Waals surface area contributed by atoms with Crippen LogP contribution in [0.4, 0.5) is 5.69 Å². The molecule has 0 amide bonds. The van der Waals surface area contributed by atoms with Gasteiger partial charge in [-0.15, -0.1) is 0 Å². The maximum atomic E-state index is 11.9. The molecule has 108 valence electrons. The molecule has 0 fully saturated rings. The van der Waals surface area contributed by atoms with Crippen molar-refractivity contribution in [1.82, 2.24) is 4.31 Å². The summed E-state index contributed by atoms with van der Waals surface area (Å²) in [7, 11) is -0.486. The Balaban J connectivity index is 2.99. The SMILES string of the molecule is CCCC(C)Oc1ccc(S(=O)(=O)N(C)C)cc1N. The Morgan fingerprint density at radius 3 is 2.47 bits per heavy atom. The Morgan fingerprint density at radius 2 is 2.00 bits per heavy atom. The Bertz CT molecular complexity index is 527. The van der Waals surface area contributed by atoms with E-state index in [1.54, 1.807) is 6.07 Å². The monoisotopic (exact) mass is 286 g/mol. The topological polar surface area (TPSA) is 72.6 Å². The van der Waals surface area contributed by atoms with Gasteiger partial charge in [0, 0.05) is 14.1 Å². The lowest BCUT2D eigenvalue weighted by molar-refractivity contribution is 0.211. The van der Waals surface area contributed by atoms with E-state index in [0.29, 0.717) is 11.4 Å². The van der Waals surface area contributed by atoms with Crippen LogP contribution in [-0.4, -0.2) is 32.9 Å². The first-order valence-corrected chi connectivity index (χ1v) is 7.71. The highest BCUT2D eigenvalue weighted by atomic mass is 32.2. The van der Waals surface area contributed by atoms with E-state index in [2.05, 4.69) is 6.92 Å². The average molecular weight is 286 g/mol. The van der Waals surface area contributed by atoms with Crippen LogP contribution in [0.1, 0.15) is 26.7 Å². The summed E-state index contributed by atoms with van der Waals surface area (Å²) in [6, 6.07) is 4.56. The molecule has 0 aliphatic heterocycles. The minimum Gasteiger partial charge on any atom is -0.489 e. The van der Waals surface area contributed by atoms with Crippen molar-refractivity contribution in [2.24, 2.45) is 0 Å². The summed E-state index contributed by atoms with van der Waals surface area (Å²) in [5.41, 5.74) is 6.19. The van der Waals surface area contributed by atoms with Crippen molar-refractivity contribution in [1.29, 1.82) is 0 Å². The number of rotatable bonds is 6. The van der Waals surface area contributed by atoms with Gasteiger partial charge in [0.1, 0.15) is 5.75 Å². The van der Waals surface area contributed by atoms with Gasteiger partial charge in [0.15, 0.2) is 0 Å². The Labute approximate surface area is 115 Å². The zero-order valence-corrected chi connectivity index (χ0v) is 12.7. The van der Waals surface area contributed by atoms with Gasteiger partial charge in [-0.25, -0.2) is 12.7 Å². The second kappa shape index (κ2) is 6.25. The number of hydrogen-bond donors (Lipinski definition) is 1. The van der Waals surface area contributed by atoms with Gasteiger partial charge in [0.2, 0.25) is 10.0 Å². The van der Waals surface area contributed by atoms with E-state index in [0.717, 1.165) is 17.1 Å². The van der Waals surface area contributed by atoms with Crippen molar-refractivity contribution in [3.05, 3.63) is 18.2 Å². The van der Waals surface area contributed by atoms with Crippen LogP contribution in [0.2, 0.25) is 0 Å². The highest BCUT2D eigenvalue weighted by Gasteiger charge is 2.18. The van der Waals surface area contributed by atoms with Crippen LogP contribution in [0.25, 0.3) is 0 Å². The van der Waals surface area contributed by atoms with E-state index in [-0.39, 0.29) is 11.0 Å². The second-order valence-corrected chi connectivity index (χ2v) is 6.86. The third-order valence-corrected chi connectivity index (χ3v) is 4.59. The van der Waals surface area contributed by atoms with Crippen LogP contribution < -0.4 is 10.5 Å². The Kier molecular flexibility index (Phi) is 5.20. The molecule has 0 bridgehead atoms. The standard InChI is InChI=1S/C13H22N2O3S/c1-5-6-10(2)18-13-8-7-11(9-12(13)14)19(16,17)15(3)4/h7-10H,5-6,14H2,1-4H3. The van der Waals surface area contributed by atoms with Gasteiger partial charge in [0.05, 0.1) is 16.7 Å². The smallest absolute Gasteiger partial charge is 0.242 e. The number of hydrogen-bond acceptors (Lipinski definition) is 4. The van der Waals surface area contributed by atoms with Crippen molar-refractivity contribution in [3.63, 3.8) is 0 Å². The minimum atomic E-state index is -3.46. The molecule has 1 rings (SSSR count). The summed E-state index contributed by atoms with van der Waals surface area (Å²) in [6.45, 7) is 4.05. The van der Waals surface area contributed by atoms with E-state index >= 15 is 0 Å². The molecule has 1 aromatic rings. The molecular formula is C13H22N2O3S. The van der Waals surface area contributed by atoms with Crippen LogP contribution in [0.5, 0.6) is 5.75 Å². The lowest BCUT2D eigenvalue weighted by Gasteiger charge is -2.17. The van der Waals surface area contributed by atoms with Crippen molar-refractivity contribution in [3.8, 4) is 5.75 Å². The van der Waals surface area contributed by atoms with Gasteiger partial charge in [-0.05, 0) is 31.5 Å². The molecule has 0 spiro atoms. The Morgan fingerprint density at radius 1 is 1.37 bits per heavy atom. The molecule has 0 saturated carbocycles. The molecule has 0 aliphatic carbocycles. The predicted octanol–water partition coefficient (Wildman–Crippen LogP) is 2.09. The summed E-state index contributed by atoms with van der Waals surface area (Å²) in [6.07, 6.45) is 2.01. The quantitative estimate of drug-likeness (QED) is 0.813. The van der Waals surface area contributed by atoms with E-state index in [4.69, 9.17) is 10.5 Å². The zero-order valence-electron chi connectivity index (χ0n) is 11.9. The molecule has 0 heterocycles. The fourth-order valence-electron chi connectivity index (χ4n) is 1.69. The first-order chi connectivity index (χ1) is 8.78. The summed E-state index contributed by atoms with van der Waals surface area (Å²) >= 11 is 0. The van der Waals surface area contributed by atoms with Crippen LogP contribution in [0.3, 0.4) is 0 Å². The van der Waals surface area contributed by atoms with Crippen LogP contribution in [-0.2, 0) is 10.0 Å². The van der Waals surface area contributed by atoms with Gasteiger partial charge < -0.3 is 10.5 Å². The summed E-state index contributed by atoms with van der Waals surface area (Å²) in [5.74, 6) is 0.527. The molecule has 1 atom stereocenters. The molecule has 1 unspecified atom stereocenters.